The highest BCUT2D eigenvalue weighted by Crippen LogP contribution is 2.12. The van der Waals surface area contributed by atoms with Crippen molar-refractivity contribution in [3.05, 3.63) is 41.7 Å². The van der Waals surface area contributed by atoms with Gasteiger partial charge in [-0.1, -0.05) is 6.92 Å². The van der Waals surface area contributed by atoms with E-state index in [9.17, 15) is 9.18 Å². The molecule has 1 amide bonds. The Kier molecular flexibility index (Phi) is 5.60. The standard InChI is InChI=1S/C17H22FN5O2/c1-2-15-19-16(21-20-15)11-22-7-9-23(10-8-22)17(24)12-25-14-5-3-13(18)4-6-14/h3-6H,2,7-12H2,1H3,(H,19,20,21). The van der Waals surface area contributed by atoms with Gasteiger partial charge in [0.05, 0.1) is 6.54 Å². The zero-order chi connectivity index (χ0) is 17.6. The van der Waals surface area contributed by atoms with E-state index in [2.05, 4.69) is 20.1 Å². The molecule has 7 nitrogen and oxygen atoms in total. The van der Waals surface area contributed by atoms with Gasteiger partial charge in [-0.2, -0.15) is 5.10 Å². The minimum absolute atomic E-state index is 0.0341. The van der Waals surface area contributed by atoms with E-state index in [-0.39, 0.29) is 18.3 Å². The van der Waals surface area contributed by atoms with Crippen molar-refractivity contribution >= 4 is 5.91 Å². The molecule has 1 aliphatic rings. The molecule has 0 aliphatic carbocycles. The van der Waals surface area contributed by atoms with Gasteiger partial charge >= 0.3 is 0 Å². The number of benzene rings is 1. The van der Waals surface area contributed by atoms with Crippen LogP contribution in [0.2, 0.25) is 0 Å². The van der Waals surface area contributed by atoms with E-state index >= 15 is 0 Å². The molecule has 3 rings (SSSR count). The molecule has 2 heterocycles. The van der Waals surface area contributed by atoms with Gasteiger partial charge in [0, 0.05) is 32.6 Å². The molecule has 2 aromatic rings. The number of nitrogens with zero attached hydrogens (tertiary/aromatic N) is 4. The van der Waals surface area contributed by atoms with Crippen LogP contribution in [0.5, 0.6) is 5.75 Å². The van der Waals surface area contributed by atoms with Crippen LogP contribution < -0.4 is 4.74 Å². The summed E-state index contributed by atoms with van der Waals surface area (Å²) in [6.07, 6.45) is 0.812. The predicted octanol–water partition coefficient (Wildman–Crippen LogP) is 1.23. The number of aromatic nitrogens is 3. The fourth-order valence-electron chi connectivity index (χ4n) is 2.70. The number of ether oxygens (including phenoxy) is 1. The fraction of sp³-hybridized carbons (Fsp3) is 0.471. The van der Waals surface area contributed by atoms with Gasteiger partial charge in [-0.25, -0.2) is 9.37 Å². The number of rotatable bonds is 6. The van der Waals surface area contributed by atoms with Crippen LogP contribution in [0.15, 0.2) is 24.3 Å². The average Bonchev–Trinajstić information content (AvgIpc) is 3.09. The first-order valence-electron chi connectivity index (χ1n) is 8.42. The molecule has 0 radical (unpaired) electrons. The van der Waals surface area contributed by atoms with E-state index in [0.29, 0.717) is 25.4 Å². The van der Waals surface area contributed by atoms with Gasteiger partial charge in [-0.15, -0.1) is 0 Å². The van der Waals surface area contributed by atoms with E-state index in [0.717, 1.165) is 31.2 Å². The highest BCUT2D eigenvalue weighted by molar-refractivity contribution is 5.77. The third kappa shape index (κ3) is 4.76. The zero-order valence-corrected chi connectivity index (χ0v) is 14.2. The lowest BCUT2D eigenvalue weighted by Gasteiger charge is -2.34. The second-order valence-corrected chi connectivity index (χ2v) is 5.95. The lowest BCUT2D eigenvalue weighted by molar-refractivity contribution is -0.135. The minimum Gasteiger partial charge on any atom is -0.484 e. The average molecular weight is 347 g/mol. The Morgan fingerprint density at radius 2 is 1.96 bits per heavy atom. The summed E-state index contributed by atoms with van der Waals surface area (Å²) in [4.78, 5) is 20.7. The topological polar surface area (TPSA) is 74.4 Å². The van der Waals surface area contributed by atoms with Crippen molar-refractivity contribution in [3.8, 4) is 5.75 Å². The van der Waals surface area contributed by atoms with Gasteiger partial charge in [0.2, 0.25) is 0 Å². The summed E-state index contributed by atoms with van der Waals surface area (Å²) in [6, 6.07) is 5.66. The summed E-state index contributed by atoms with van der Waals surface area (Å²) in [5.74, 6) is 1.79. The summed E-state index contributed by atoms with van der Waals surface area (Å²) in [5.41, 5.74) is 0. The highest BCUT2D eigenvalue weighted by atomic mass is 19.1. The molecule has 0 bridgehead atoms. The fourth-order valence-corrected chi connectivity index (χ4v) is 2.70. The van der Waals surface area contributed by atoms with Crippen molar-refractivity contribution in [3.63, 3.8) is 0 Å². The smallest absolute Gasteiger partial charge is 0.260 e. The van der Waals surface area contributed by atoms with Gasteiger partial charge in [-0.05, 0) is 24.3 Å². The third-order valence-corrected chi connectivity index (χ3v) is 4.17. The number of hydrogen-bond donors (Lipinski definition) is 1. The molecule has 25 heavy (non-hydrogen) atoms. The number of carbonyl (C=O) groups is 1. The van der Waals surface area contributed by atoms with Crippen LogP contribution in [-0.2, 0) is 17.8 Å². The first kappa shape index (κ1) is 17.3. The molecule has 0 unspecified atom stereocenters. The van der Waals surface area contributed by atoms with Crippen molar-refractivity contribution < 1.29 is 13.9 Å². The molecule has 0 atom stereocenters. The molecule has 1 saturated heterocycles. The molecule has 1 aromatic heterocycles. The van der Waals surface area contributed by atoms with Gasteiger partial charge in [0.15, 0.2) is 6.61 Å². The number of aryl methyl sites for hydroxylation is 1. The summed E-state index contributed by atoms with van der Waals surface area (Å²) in [5, 5.41) is 7.08. The predicted molar refractivity (Wildman–Crippen MR) is 89.5 cm³/mol. The normalized spacial score (nSPS) is 15.4. The molecule has 1 aromatic carbocycles. The van der Waals surface area contributed by atoms with Crippen molar-refractivity contribution in [2.24, 2.45) is 0 Å². The first-order valence-corrected chi connectivity index (χ1v) is 8.42. The Hall–Kier alpha value is -2.48. The third-order valence-electron chi connectivity index (χ3n) is 4.17. The molecular formula is C17H22FN5O2. The highest BCUT2D eigenvalue weighted by Gasteiger charge is 2.22. The van der Waals surface area contributed by atoms with Crippen molar-refractivity contribution in [1.82, 2.24) is 25.0 Å². The van der Waals surface area contributed by atoms with Crippen LogP contribution in [0.4, 0.5) is 4.39 Å². The van der Waals surface area contributed by atoms with E-state index in [4.69, 9.17) is 4.74 Å². The molecule has 0 saturated carbocycles. The molecule has 1 aliphatic heterocycles. The molecule has 1 N–H and O–H groups in total. The molecule has 134 valence electrons. The van der Waals surface area contributed by atoms with Crippen LogP contribution in [0.25, 0.3) is 0 Å². The van der Waals surface area contributed by atoms with Crippen molar-refractivity contribution in [2.75, 3.05) is 32.8 Å². The van der Waals surface area contributed by atoms with Crippen LogP contribution in [-0.4, -0.2) is 63.7 Å². The number of aromatic amines is 1. The largest absolute Gasteiger partial charge is 0.484 e. The van der Waals surface area contributed by atoms with Crippen molar-refractivity contribution in [1.29, 1.82) is 0 Å². The molecular weight excluding hydrogens is 325 g/mol. The van der Waals surface area contributed by atoms with Gasteiger partial charge < -0.3 is 9.64 Å². The number of hydrogen-bond acceptors (Lipinski definition) is 5. The summed E-state index contributed by atoms with van der Waals surface area (Å²) < 4.78 is 18.3. The maximum Gasteiger partial charge on any atom is 0.260 e. The first-order chi connectivity index (χ1) is 12.1. The van der Waals surface area contributed by atoms with E-state index in [1.54, 1.807) is 4.90 Å². The number of amides is 1. The van der Waals surface area contributed by atoms with Gasteiger partial charge in [0.25, 0.3) is 5.91 Å². The Labute approximate surface area is 145 Å². The van der Waals surface area contributed by atoms with E-state index in [1.165, 1.54) is 24.3 Å². The molecule has 8 heteroatoms. The minimum atomic E-state index is -0.326. The van der Waals surface area contributed by atoms with Crippen LogP contribution in [0.3, 0.4) is 0 Å². The monoisotopic (exact) mass is 347 g/mol. The zero-order valence-electron chi connectivity index (χ0n) is 14.2. The van der Waals surface area contributed by atoms with E-state index in [1.807, 2.05) is 6.92 Å². The maximum atomic E-state index is 12.8. The summed E-state index contributed by atoms with van der Waals surface area (Å²) in [7, 11) is 0. The number of carbonyl (C=O) groups excluding carboxylic acids is 1. The number of H-pyrrole nitrogens is 1. The quantitative estimate of drug-likeness (QED) is 0.851. The second-order valence-electron chi connectivity index (χ2n) is 5.95. The number of piperazine rings is 1. The summed E-state index contributed by atoms with van der Waals surface area (Å²) >= 11 is 0. The lowest BCUT2D eigenvalue weighted by atomic mass is 10.3. The summed E-state index contributed by atoms with van der Waals surface area (Å²) in [6.45, 7) is 5.57. The Balaban J connectivity index is 1.41. The maximum absolute atomic E-state index is 12.8. The van der Waals surface area contributed by atoms with Crippen LogP contribution in [0.1, 0.15) is 18.6 Å². The number of nitrogens with one attached hydrogen (secondary N) is 1. The van der Waals surface area contributed by atoms with Crippen molar-refractivity contribution in [2.45, 2.75) is 19.9 Å². The number of halogens is 1. The Morgan fingerprint density at radius 1 is 1.24 bits per heavy atom. The molecule has 1 fully saturated rings. The SMILES string of the molecule is CCc1n[nH]c(CN2CCN(C(=O)COc3ccc(F)cc3)CC2)n1. The van der Waals surface area contributed by atoms with E-state index < -0.39 is 0 Å². The van der Waals surface area contributed by atoms with Gasteiger partial charge in [-0.3, -0.25) is 14.8 Å². The van der Waals surface area contributed by atoms with Crippen LogP contribution >= 0.6 is 0 Å². The lowest BCUT2D eigenvalue weighted by Crippen LogP contribution is -2.49. The van der Waals surface area contributed by atoms with Crippen LogP contribution in [0, 0.1) is 5.82 Å². The molecule has 0 spiro atoms. The second kappa shape index (κ2) is 8.06. The van der Waals surface area contributed by atoms with Gasteiger partial charge in [0.1, 0.15) is 23.2 Å². The Bertz CT molecular complexity index is 695. The Morgan fingerprint density at radius 3 is 2.60 bits per heavy atom.